The summed E-state index contributed by atoms with van der Waals surface area (Å²) in [6.45, 7) is 0.706. The van der Waals surface area contributed by atoms with Gasteiger partial charge in [-0.1, -0.05) is 12.1 Å². The molecule has 14 heteroatoms. The fraction of sp³-hybridized carbons (Fsp3) is 0.464. The molecule has 2 aliphatic heterocycles. The number of aliphatic hydroxyl groups excluding tert-OH is 6. The number of phenolic OH excluding ortho intramolecular Hbond substituents is 1. The lowest BCUT2D eigenvalue weighted by Crippen LogP contribution is -2.64. The third kappa shape index (κ3) is 5.44. The number of aliphatic hydroxyl groups is 6. The predicted octanol–water partition coefficient (Wildman–Crippen LogP) is -0.795. The van der Waals surface area contributed by atoms with Gasteiger partial charge in [-0.15, -0.1) is 0 Å². The van der Waals surface area contributed by atoms with E-state index in [0.29, 0.717) is 11.3 Å². The van der Waals surface area contributed by atoms with Gasteiger partial charge >= 0.3 is 0 Å². The summed E-state index contributed by atoms with van der Waals surface area (Å²) in [5.41, 5.74) is 0.149. The van der Waals surface area contributed by atoms with Crippen LogP contribution in [0.15, 0.2) is 51.9 Å². The van der Waals surface area contributed by atoms with E-state index in [-0.39, 0.29) is 22.3 Å². The van der Waals surface area contributed by atoms with E-state index in [0.717, 1.165) is 0 Å². The molecule has 10 atom stereocenters. The molecule has 0 spiro atoms. The van der Waals surface area contributed by atoms with Crippen molar-refractivity contribution in [2.45, 2.75) is 68.3 Å². The first-order valence-electron chi connectivity index (χ1n) is 13.1. The Kier molecular flexibility index (Phi) is 8.71. The molecule has 2 fully saturated rings. The molecule has 3 aromatic rings. The molecule has 42 heavy (non-hydrogen) atoms. The van der Waals surface area contributed by atoms with Gasteiger partial charge in [-0.05, 0) is 36.8 Å². The van der Waals surface area contributed by atoms with Crippen LogP contribution in [0.25, 0.3) is 22.1 Å². The van der Waals surface area contributed by atoms with Crippen molar-refractivity contribution in [3.05, 3.63) is 52.9 Å². The van der Waals surface area contributed by atoms with Crippen LogP contribution in [0.3, 0.4) is 0 Å². The highest BCUT2D eigenvalue weighted by Gasteiger charge is 2.51. The molecule has 0 amide bonds. The van der Waals surface area contributed by atoms with Crippen LogP contribution in [-0.4, -0.2) is 111 Å². The van der Waals surface area contributed by atoms with Crippen LogP contribution in [0.5, 0.6) is 17.2 Å². The molecule has 0 saturated carbocycles. The van der Waals surface area contributed by atoms with Crippen molar-refractivity contribution in [1.29, 1.82) is 0 Å². The van der Waals surface area contributed by atoms with Crippen molar-refractivity contribution in [2.24, 2.45) is 0 Å². The van der Waals surface area contributed by atoms with E-state index in [2.05, 4.69) is 0 Å². The molecule has 0 bridgehead atoms. The van der Waals surface area contributed by atoms with Crippen molar-refractivity contribution in [2.75, 3.05) is 13.7 Å². The molecule has 7 N–H and O–H groups in total. The first kappa shape index (κ1) is 30.2. The fourth-order valence-electron chi connectivity index (χ4n) is 4.93. The maximum Gasteiger partial charge on any atom is 0.229 e. The number of rotatable bonds is 7. The molecule has 228 valence electrons. The summed E-state index contributed by atoms with van der Waals surface area (Å²) in [4.78, 5) is 13.2. The van der Waals surface area contributed by atoms with Crippen LogP contribution in [0, 0.1) is 0 Å². The van der Waals surface area contributed by atoms with Crippen LogP contribution >= 0.6 is 0 Å². The highest BCUT2D eigenvalue weighted by atomic mass is 16.8. The summed E-state index contributed by atoms with van der Waals surface area (Å²) in [5.74, 6) is -0.254. The molecule has 2 aromatic carbocycles. The smallest absolute Gasteiger partial charge is 0.229 e. The van der Waals surface area contributed by atoms with Crippen LogP contribution < -0.4 is 14.9 Å². The second kappa shape index (κ2) is 12.1. The van der Waals surface area contributed by atoms with E-state index in [1.54, 1.807) is 24.3 Å². The number of fused-ring (bicyclic) bond motifs is 1. The van der Waals surface area contributed by atoms with Gasteiger partial charge in [0.1, 0.15) is 48.6 Å². The van der Waals surface area contributed by atoms with Crippen LogP contribution in [-0.2, 0) is 14.2 Å². The zero-order valence-corrected chi connectivity index (χ0v) is 22.5. The Hall–Kier alpha value is -3.31. The van der Waals surface area contributed by atoms with Gasteiger partial charge in [0.05, 0.1) is 30.8 Å². The Labute approximate surface area is 238 Å². The first-order valence-corrected chi connectivity index (χ1v) is 13.1. The summed E-state index contributed by atoms with van der Waals surface area (Å²) in [6.07, 6.45) is -14.2. The van der Waals surface area contributed by atoms with Gasteiger partial charge in [0.25, 0.3) is 0 Å². The van der Waals surface area contributed by atoms with Crippen molar-refractivity contribution in [3.8, 4) is 28.4 Å². The summed E-state index contributed by atoms with van der Waals surface area (Å²) in [7, 11) is 1.52. The lowest BCUT2D eigenvalue weighted by atomic mass is 9.97. The van der Waals surface area contributed by atoms with E-state index in [9.17, 15) is 40.5 Å². The van der Waals surface area contributed by atoms with Crippen molar-refractivity contribution in [1.82, 2.24) is 0 Å². The fourth-order valence-corrected chi connectivity index (χ4v) is 4.93. The van der Waals surface area contributed by atoms with E-state index in [1.807, 2.05) is 0 Å². The van der Waals surface area contributed by atoms with Crippen LogP contribution in [0.4, 0.5) is 0 Å². The third-order valence-electron chi connectivity index (χ3n) is 7.45. The number of phenols is 1. The Morgan fingerprint density at radius 2 is 1.57 bits per heavy atom. The van der Waals surface area contributed by atoms with Crippen molar-refractivity contribution < 1.29 is 63.8 Å². The Morgan fingerprint density at radius 3 is 2.24 bits per heavy atom. The van der Waals surface area contributed by atoms with E-state index in [1.165, 1.54) is 32.4 Å². The SMILES string of the molecule is COc1ccc(-c2coc3c(O)c(OC4OC(CO)C(O)C(O)C4OC4OC(C)C(O)C(O)C4O)ccc3c2=O)cc1. The molecule has 14 nitrogen and oxygen atoms in total. The number of ether oxygens (including phenoxy) is 5. The standard InChI is InChI=1S/C28H32O14/c1-11-18(30)22(34)24(36)27(39-11)42-26-23(35)20(32)17(9-29)41-28(26)40-16-8-7-14-19(31)15(10-38-25(14)21(16)33)12-3-5-13(37-2)6-4-12/h3-8,10-11,17-18,20,22-24,26-30,32-36H,9H2,1-2H3. The Morgan fingerprint density at radius 1 is 0.857 bits per heavy atom. The van der Waals surface area contributed by atoms with Crippen molar-refractivity contribution >= 4 is 11.0 Å². The molecule has 0 aliphatic carbocycles. The Bertz CT molecular complexity index is 1440. The molecule has 3 heterocycles. The number of benzene rings is 2. The molecule has 5 rings (SSSR count). The van der Waals surface area contributed by atoms with Gasteiger partial charge in [0, 0.05) is 0 Å². The molecule has 0 radical (unpaired) electrons. The first-order chi connectivity index (χ1) is 20.0. The average molecular weight is 593 g/mol. The second-order valence-corrected chi connectivity index (χ2v) is 10.1. The van der Waals surface area contributed by atoms with Crippen LogP contribution in [0.1, 0.15) is 6.92 Å². The van der Waals surface area contributed by atoms with Crippen molar-refractivity contribution in [3.63, 3.8) is 0 Å². The molecule has 10 unspecified atom stereocenters. The van der Waals surface area contributed by atoms with Gasteiger partial charge in [-0.3, -0.25) is 4.79 Å². The second-order valence-electron chi connectivity index (χ2n) is 10.1. The van der Waals surface area contributed by atoms with E-state index in [4.69, 9.17) is 28.1 Å². The highest BCUT2D eigenvalue weighted by molar-refractivity contribution is 5.87. The third-order valence-corrected chi connectivity index (χ3v) is 7.45. The minimum atomic E-state index is -1.76. The molecule has 1 aromatic heterocycles. The van der Waals surface area contributed by atoms with E-state index >= 15 is 0 Å². The molecule has 2 saturated heterocycles. The van der Waals surface area contributed by atoms with Crippen LogP contribution in [0.2, 0.25) is 0 Å². The minimum absolute atomic E-state index is 0.0366. The maximum absolute atomic E-state index is 13.2. The number of hydrogen-bond donors (Lipinski definition) is 7. The van der Waals surface area contributed by atoms with Gasteiger partial charge < -0.3 is 63.8 Å². The van der Waals surface area contributed by atoms with Gasteiger partial charge in [-0.25, -0.2) is 0 Å². The van der Waals surface area contributed by atoms with Gasteiger partial charge in [0.2, 0.25) is 17.5 Å². The predicted molar refractivity (Wildman–Crippen MR) is 142 cm³/mol. The normalized spacial score (nSPS) is 33.4. The zero-order valence-electron chi connectivity index (χ0n) is 22.5. The monoisotopic (exact) mass is 592 g/mol. The Balaban J connectivity index is 1.45. The zero-order chi connectivity index (χ0) is 30.3. The van der Waals surface area contributed by atoms with Gasteiger partial charge in [0.15, 0.2) is 23.7 Å². The highest BCUT2D eigenvalue weighted by Crippen LogP contribution is 2.38. The summed E-state index contributed by atoms with van der Waals surface area (Å²) < 4.78 is 33.2. The average Bonchev–Trinajstić information content (AvgIpc) is 2.99. The van der Waals surface area contributed by atoms with Gasteiger partial charge in [-0.2, -0.15) is 0 Å². The lowest BCUT2D eigenvalue weighted by Gasteiger charge is -2.45. The summed E-state index contributed by atoms with van der Waals surface area (Å²) in [5, 5.41) is 72.4. The molecule has 2 aliphatic rings. The topological polar surface area (TPSA) is 218 Å². The quantitative estimate of drug-likeness (QED) is 0.179. The largest absolute Gasteiger partial charge is 0.502 e. The molecular weight excluding hydrogens is 560 g/mol. The minimum Gasteiger partial charge on any atom is -0.502 e. The molecular formula is C28H32O14. The number of aromatic hydroxyl groups is 1. The summed E-state index contributed by atoms with van der Waals surface area (Å²) in [6, 6.07) is 9.33. The summed E-state index contributed by atoms with van der Waals surface area (Å²) >= 11 is 0. The maximum atomic E-state index is 13.2. The van der Waals surface area contributed by atoms with E-state index < -0.39 is 79.2 Å². The lowest BCUT2D eigenvalue weighted by molar-refractivity contribution is -0.354. The number of hydrogen-bond acceptors (Lipinski definition) is 14. The number of methoxy groups -OCH3 is 1.